The van der Waals surface area contributed by atoms with E-state index in [-0.39, 0.29) is 11.3 Å². The zero-order valence-corrected chi connectivity index (χ0v) is 18.3. The molecule has 3 rings (SSSR count). The van der Waals surface area contributed by atoms with Crippen LogP contribution in [-0.4, -0.2) is 22.5 Å². The van der Waals surface area contributed by atoms with E-state index in [0.29, 0.717) is 33.4 Å². The van der Waals surface area contributed by atoms with Crippen molar-refractivity contribution in [3.8, 4) is 17.5 Å². The lowest BCUT2D eigenvalue weighted by Gasteiger charge is -2.14. The number of benzene rings is 2. The van der Waals surface area contributed by atoms with Gasteiger partial charge < -0.3 is 14.6 Å². The number of nitrogens with zero attached hydrogens (tertiary/aromatic N) is 3. The van der Waals surface area contributed by atoms with Gasteiger partial charge in [0.25, 0.3) is 11.6 Å². The number of carbonyl (C=O) groups excluding carboxylic acids is 1. The molecule has 1 amide bonds. The van der Waals surface area contributed by atoms with E-state index in [4.69, 9.17) is 16.3 Å². The third kappa shape index (κ3) is 4.63. The van der Waals surface area contributed by atoms with Gasteiger partial charge in [-0.05, 0) is 61.9 Å². The van der Waals surface area contributed by atoms with Crippen LogP contribution < -0.4 is 10.1 Å². The Labute approximate surface area is 189 Å². The molecule has 1 aromatic heterocycles. The molecule has 0 aliphatic heterocycles. The summed E-state index contributed by atoms with van der Waals surface area (Å²) >= 11 is 5.85. The van der Waals surface area contributed by atoms with Gasteiger partial charge in [-0.1, -0.05) is 11.6 Å². The Kier molecular flexibility index (Phi) is 6.61. The first-order chi connectivity index (χ1) is 15.2. The second-order valence-corrected chi connectivity index (χ2v) is 7.34. The third-order valence-electron chi connectivity index (χ3n) is 4.85. The number of anilines is 1. The molecule has 2 aromatic carbocycles. The fourth-order valence-electron chi connectivity index (χ4n) is 3.31. The summed E-state index contributed by atoms with van der Waals surface area (Å²) in [6.07, 6.45) is 1.48. The van der Waals surface area contributed by atoms with Crippen LogP contribution >= 0.6 is 11.6 Å². The molecule has 1 heterocycles. The van der Waals surface area contributed by atoms with Crippen molar-refractivity contribution in [1.82, 2.24) is 4.57 Å². The van der Waals surface area contributed by atoms with Crippen molar-refractivity contribution >= 4 is 35.0 Å². The number of nitro groups is 1. The number of nitrogens with one attached hydrogen (secondary N) is 1. The number of non-ortho nitro benzene ring substituents is 1. The number of aryl methyl sites for hydroxylation is 1. The van der Waals surface area contributed by atoms with Crippen molar-refractivity contribution in [2.45, 2.75) is 13.8 Å². The summed E-state index contributed by atoms with van der Waals surface area (Å²) in [6.45, 7) is 3.62. The minimum atomic E-state index is -0.562. The Balaban J connectivity index is 2.01. The lowest BCUT2D eigenvalue weighted by atomic mass is 10.1. The van der Waals surface area contributed by atoms with Crippen molar-refractivity contribution < 1.29 is 14.5 Å². The molecule has 0 spiro atoms. The second kappa shape index (κ2) is 9.37. The average Bonchev–Trinajstić information content (AvgIpc) is 3.05. The molecule has 0 atom stereocenters. The van der Waals surface area contributed by atoms with Crippen LogP contribution in [0.1, 0.15) is 17.0 Å². The summed E-state index contributed by atoms with van der Waals surface area (Å²) in [6, 6.07) is 14.6. The first kappa shape index (κ1) is 22.6. The van der Waals surface area contributed by atoms with Crippen LogP contribution in [0.5, 0.6) is 5.75 Å². The quantitative estimate of drug-likeness (QED) is 0.240. The van der Waals surface area contributed by atoms with Gasteiger partial charge in [0.1, 0.15) is 17.4 Å². The Morgan fingerprint density at radius 2 is 1.91 bits per heavy atom. The Hall–Kier alpha value is -4.09. The average molecular weight is 451 g/mol. The Morgan fingerprint density at radius 3 is 2.50 bits per heavy atom. The highest BCUT2D eigenvalue weighted by atomic mass is 35.5. The van der Waals surface area contributed by atoms with Crippen molar-refractivity contribution in [2.75, 3.05) is 12.4 Å². The number of carbonyl (C=O) groups is 1. The normalized spacial score (nSPS) is 11.0. The van der Waals surface area contributed by atoms with Gasteiger partial charge in [-0.2, -0.15) is 5.26 Å². The molecule has 9 heteroatoms. The maximum Gasteiger partial charge on any atom is 0.271 e. The van der Waals surface area contributed by atoms with Crippen molar-refractivity contribution in [3.63, 3.8) is 0 Å². The molecule has 0 unspecified atom stereocenters. The third-order valence-corrected chi connectivity index (χ3v) is 5.10. The van der Waals surface area contributed by atoms with E-state index >= 15 is 0 Å². The van der Waals surface area contributed by atoms with E-state index in [0.717, 1.165) is 5.69 Å². The number of nitro benzene ring substituents is 1. The maximum absolute atomic E-state index is 12.6. The number of nitriles is 1. The second-order valence-electron chi connectivity index (χ2n) is 6.91. The van der Waals surface area contributed by atoms with Crippen LogP contribution in [-0.2, 0) is 4.79 Å². The van der Waals surface area contributed by atoms with Crippen LogP contribution in [0.25, 0.3) is 11.8 Å². The van der Waals surface area contributed by atoms with Gasteiger partial charge in [0.15, 0.2) is 0 Å². The van der Waals surface area contributed by atoms with Gasteiger partial charge in [0, 0.05) is 34.2 Å². The van der Waals surface area contributed by atoms with E-state index in [9.17, 15) is 20.2 Å². The van der Waals surface area contributed by atoms with Crippen LogP contribution in [0.15, 0.2) is 54.1 Å². The Bertz CT molecular complexity index is 1270. The largest absolute Gasteiger partial charge is 0.495 e. The summed E-state index contributed by atoms with van der Waals surface area (Å²) in [5.74, 6) is -0.110. The molecule has 0 radical (unpaired) electrons. The highest BCUT2D eigenvalue weighted by molar-refractivity contribution is 6.30. The zero-order chi connectivity index (χ0) is 23.4. The topological polar surface area (TPSA) is 110 Å². The van der Waals surface area contributed by atoms with Crippen molar-refractivity contribution in [2.24, 2.45) is 0 Å². The first-order valence-electron chi connectivity index (χ1n) is 9.45. The summed E-state index contributed by atoms with van der Waals surface area (Å²) < 4.78 is 7.17. The van der Waals surface area contributed by atoms with E-state index in [1.54, 1.807) is 41.8 Å². The molecule has 0 fully saturated rings. The van der Waals surface area contributed by atoms with Crippen LogP contribution in [0.2, 0.25) is 5.02 Å². The van der Waals surface area contributed by atoms with Gasteiger partial charge in [-0.3, -0.25) is 14.9 Å². The molecule has 0 saturated carbocycles. The Morgan fingerprint density at radius 1 is 1.22 bits per heavy atom. The van der Waals surface area contributed by atoms with Crippen LogP contribution in [0.3, 0.4) is 0 Å². The number of aromatic nitrogens is 1. The zero-order valence-electron chi connectivity index (χ0n) is 17.5. The first-order valence-corrected chi connectivity index (χ1v) is 9.83. The molecule has 0 saturated heterocycles. The van der Waals surface area contributed by atoms with Gasteiger partial charge in [-0.15, -0.1) is 0 Å². The standard InChI is InChI=1S/C23H19ClN4O4/c1-14-10-16(11-17(13-25)23(29)26-19-6-4-18(24)5-7-19)15(2)27(14)21-12-20(28(30)31)8-9-22(21)32-3/h4-12H,1-3H3,(H,26,29)/b17-11-. The van der Waals surface area contributed by atoms with Crippen molar-refractivity contribution in [1.29, 1.82) is 5.26 Å². The van der Waals surface area contributed by atoms with Gasteiger partial charge in [0.2, 0.25) is 0 Å². The molecule has 0 aliphatic carbocycles. The van der Waals surface area contributed by atoms with Gasteiger partial charge >= 0.3 is 0 Å². The molecule has 32 heavy (non-hydrogen) atoms. The predicted molar refractivity (Wildman–Crippen MR) is 122 cm³/mol. The fourth-order valence-corrected chi connectivity index (χ4v) is 3.43. The number of hydrogen-bond acceptors (Lipinski definition) is 5. The SMILES string of the molecule is COc1ccc([N+](=O)[O-])cc1-n1c(C)cc(/C=C(/C#N)C(=O)Nc2ccc(Cl)cc2)c1C. The summed E-state index contributed by atoms with van der Waals surface area (Å²) in [5, 5.41) is 24.0. The molecular formula is C23H19ClN4O4. The summed E-state index contributed by atoms with van der Waals surface area (Å²) in [4.78, 5) is 23.4. The molecule has 1 N–H and O–H groups in total. The maximum atomic E-state index is 12.6. The highest BCUT2D eigenvalue weighted by Gasteiger charge is 2.18. The molecule has 3 aromatic rings. The molecule has 0 aliphatic rings. The minimum absolute atomic E-state index is 0.0783. The molecule has 8 nitrogen and oxygen atoms in total. The van der Waals surface area contributed by atoms with Crippen molar-refractivity contribution in [3.05, 3.63) is 86.2 Å². The monoisotopic (exact) mass is 450 g/mol. The summed E-state index contributed by atoms with van der Waals surface area (Å²) in [7, 11) is 1.48. The van der Waals surface area contributed by atoms with E-state index in [1.807, 2.05) is 13.0 Å². The van der Waals surface area contributed by atoms with E-state index in [2.05, 4.69) is 5.32 Å². The van der Waals surface area contributed by atoms with E-state index in [1.165, 1.54) is 31.4 Å². The number of amides is 1. The minimum Gasteiger partial charge on any atom is -0.495 e. The number of rotatable bonds is 6. The van der Waals surface area contributed by atoms with Crippen LogP contribution in [0.4, 0.5) is 11.4 Å². The lowest BCUT2D eigenvalue weighted by Crippen LogP contribution is -2.13. The van der Waals surface area contributed by atoms with Gasteiger partial charge in [-0.25, -0.2) is 0 Å². The number of methoxy groups -OCH3 is 1. The number of hydrogen-bond donors (Lipinski definition) is 1. The smallest absolute Gasteiger partial charge is 0.271 e. The molecule has 162 valence electrons. The highest BCUT2D eigenvalue weighted by Crippen LogP contribution is 2.32. The predicted octanol–water partition coefficient (Wildman–Crippen LogP) is 5.21. The number of ether oxygens (including phenoxy) is 1. The number of halogens is 1. The lowest BCUT2D eigenvalue weighted by molar-refractivity contribution is -0.384. The van der Waals surface area contributed by atoms with Crippen LogP contribution in [0, 0.1) is 35.3 Å². The summed E-state index contributed by atoms with van der Waals surface area (Å²) in [5.41, 5.74) is 2.89. The molecular weight excluding hydrogens is 432 g/mol. The van der Waals surface area contributed by atoms with E-state index < -0.39 is 10.8 Å². The van der Waals surface area contributed by atoms with Gasteiger partial charge in [0.05, 0.1) is 17.7 Å². The molecule has 0 bridgehead atoms. The fraction of sp³-hybridized carbons (Fsp3) is 0.130.